The van der Waals surface area contributed by atoms with Crippen molar-refractivity contribution < 1.29 is 23.5 Å². The third-order valence-electron chi connectivity index (χ3n) is 4.39. The van der Waals surface area contributed by atoms with E-state index in [0.717, 1.165) is 0 Å². The minimum absolute atomic E-state index is 0.0523. The van der Waals surface area contributed by atoms with Gasteiger partial charge in [-0.25, -0.2) is 9.82 Å². The molecule has 0 aromatic heterocycles. The lowest BCUT2D eigenvalue weighted by Crippen LogP contribution is -2.21. The van der Waals surface area contributed by atoms with E-state index in [0.29, 0.717) is 28.3 Å². The van der Waals surface area contributed by atoms with Gasteiger partial charge in [0.05, 0.1) is 36.7 Å². The van der Waals surface area contributed by atoms with Gasteiger partial charge < -0.3 is 14.8 Å². The second-order valence-corrected chi connectivity index (χ2v) is 6.85. The Morgan fingerprint density at radius 3 is 2.44 bits per heavy atom. The average molecular weight is 456 g/mol. The molecule has 7 nitrogen and oxygen atoms in total. The fourth-order valence-corrected chi connectivity index (χ4v) is 2.97. The van der Waals surface area contributed by atoms with Gasteiger partial charge in [-0.15, -0.1) is 0 Å². The number of halogens is 2. The summed E-state index contributed by atoms with van der Waals surface area (Å²) in [6, 6.07) is 15.3. The maximum Gasteiger partial charge on any atom is 0.273 e. The average Bonchev–Trinajstić information content (AvgIpc) is 2.81. The molecule has 0 bridgehead atoms. The van der Waals surface area contributed by atoms with Crippen LogP contribution in [0.2, 0.25) is 5.02 Å². The molecule has 164 valence electrons. The van der Waals surface area contributed by atoms with E-state index >= 15 is 0 Å². The van der Waals surface area contributed by atoms with Gasteiger partial charge in [-0.05, 0) is 48.0 Å². The van der Waals surface area contributed by atoms with Crippen LogP contribution in [0.4, 0.5) is 10.1 Å². The molecule has 0 aliphatic rings. The second kappa shape index (κ2) is 10.4. The van der Waals surface area contributed by atoms with Gasteiger partial charge in [-0.1, -0.05) is 29.8 Å². The molecular weight excluding hydrogens is 437 g/mol. The zero-order valence-corrected chi connectivity index (χ0v) is 17.9. The number of amides is 2. The highest BCUT2D eigenvalue weighted by molar-refractivity contribution is 6.31. The number of anilines is 1. The van der Waals surface area contributed by atoms with Gasteiger partial charge >= 0.3 is 0 Å². The van der Waals surface area contributed by atoms with E-state index in [9.17, 15) is 14.0 Å². The van der Waals surface area contributed by atoms with Gasteiger partial charge in [-0.2, -0.15) is 5.10 Å². The minimum Gasteiger partial charge on any atom is -0.493 e. The van der Waals surface area contributed by atoms with Crippen molar-refractivity contribution in [1.29, 1.82) is 0 Å². The number of ether oxygens (including phenoxy) is 2. The highest BCUT2D eigenvalue weighted by Crippen LogP contribution is 2.28. The number of carbonyl (C=O) groups excluding carboxylic acids is 2. The van der Waals surface area contributed by atoms with Gasteiger partial charge in [0.15, 0.2) is 11.5 Å². The van der Waals surface area contributed by atoms with E-state index in [4.69, 9.17) is 21.1 Å². The molecule has 0 atom stereocenters. The zero-order chi connectivity index (χ0) is 23.1. The van der Waals surface area contributed by atoms with Crippen LogP contribution < -0.4 is 20.2 Å². The largest absolute Gasteiger partial charge is 0.493 e. The number of rotatable bonds is 7. The first kappa shape index (κ1) is 22.8. The summed E-state index contributed by atoms with van der Waals surface area (Å²) in [6.45, 7) is 0. The summed E-state index contributed by atoms with van der Waals surface area (Å²) in [4.78, 5) is 25.3. The second-order valence-electron chi connectivity index (χ2n) is 6.44. The highest BCUT2D eigenvalue weighted by atomic mass is 35.5. The molecule has 3 rings (SSSR count). The molecule has 0 fully saturated rings. The Hall–Kier alpha value is -3.91. The lowest BCUT2D eigenvalue weighted by Gasteiger charge is -2.12. The van der Waals surface area contributed by atoms with Crippen molar-refractivity contribution in [3.63, 3.8) is 0 Å². The number of methoxy groups -OCH3 is 2. The van der Waals surface area contributed by atoms with Crippen LogP contribution >= 0.6 is 11.6 Å². The summed E-state index contributed by atoms with van der Waals surface area (Å²) in [5, 5.41) is 6.52. The molecule has 32 heavy (non-hydrogen) atoms. The zero-order valence-electron chi connectivity index (χ0n) is 17.2. The fourth-order valence-electron chi connectivity index (χ4n) is 2.78. The van der Waals surface area contributed by atoms with Crippen LogP contribution in [0.3, 0.4) is 0 Å². The quantitative estimate of drug-likeness (QED) is 0.405. The molecular formula is C23H19ClFN3O4. The molecule has 0 radical (unpaired) electrons. The van der Waals surface area contributed by atoms with Crippen molar-refractivity contribution in [2.45, 2.75) is 0 Å². The predicted octanol–water partition coefficient (Wildman–Crippen LogP) is 4.51. The van der Waals surface area contributed by atoms with Crippen LogP contribution in [-0.4, -0.2) is 32.2 Å². The van der Waals surface area contributed by atoms with Crippen molar-refractivity contribution >= 4 is 35.3 Å². The monoisotopic (exact) mass is 455 g/mol. The van der Waals surface area contributed by atoms with Crippen LogP contribution in [0.1, 0.15) is 26.3 Å². The Morgan fingerprint density at radius 2 is 1.72 bits per heavy atom. The maximum absolute atomic E-state index is 13.2. The Kier molecular flexibility index (Phi) is 7.41. The van der Waals surface area contributed by atoms with Crippen LogP contribution in [0, 0.1) is 5.82 Å². The lowest BCUT2D eigenvalue weighted by molar-refractivity contribution is 0.0956. The molecule has 0 aliphatic carbocycles. The molecule has 2 N–H and O–H groups in total. The van der Waals surface area contributed by atoms with Crippen LogP contribution in [0.25, 0.3) is 0 Å². The van der Waals surface area contributed by atoms with Crippen molar-refractivity contribution in [2.24, 2.45) is 5.10 Å². The van der Waals surface area contributed by atoms with E-state index < -0.39 is 17.6 Å². The van der Waals surface area contributed by atoms with E-state index in [1.807, 2.05) is 0 Å². The van der Waals surface area contributed by atoms with E-state index in [1.165, 1.54) is 44.7 Å². The number of nitrogens with zero attached hydrogens (tertiary/aromatic N) is 1. The lowest BCUT2D eigenvalue weighted by atomic mass is 10.1. The van der Waals surface area contributed by atoms with Gasteiger partial charge in [0.2, 0.25) is 0 Å². The molecule has 2 amide bonds. The molecule has 0 saturated heterocycles. The summed E-state index contributed by atoms with van der Waals surface area (Å²) in [5.74, 6) is -0.633. The number of carbonyl (C=O) groups is 2. The Bertz CT molecular complexity index is 1180. The molecule has 0 heterocycles. The van der Waals surface area contributed by atoms with Crippen LogP contribution in [0.5, 0.6) is 11.5 Å². The van der Waals surface area contributed by atoms with Gasteiger partial charge in [-0.3, -0.25) is 9.59 Å². The standard InChI is InChI=1S/C23H19ClFN3O4/c1-31-20-10-8-15(12-21(20)32-2)22(29)27-19-6-4-3-5-16(19)23(30)28-26-13-14-7-9-18(25)17(24)11-14/h3-13H,1-2H3,(H,27,29)(H,28,30)/b26-13+. The summed E-state index contributed by atoms with van der Waals surface area (Å²) in [6.07, 6.45) is 1.33. The van der Waals surface area contributed by atoms with Crippen molar-refractivity contribution in [2.75, 3.05) is 19.5 Å². The number of hydrogen-bond acceptors (Lipinski definition) is 5. The summed E-state index contributed by atoms with van der Waals surface area (Å²) < 4.78 is 23.6. The van der Waals surface area contributed by atoms with Gasteiger partial charge in [0, 0.05) is 5.56 Å². The van der Waals surface area contributed by atoms with Crippen LogP contribution in [-0.2, 0) is 0 Å². The van der Waals surface area contributed by atoms with Crippen molar-refractivity contribution in [3.8, 4) is 11.5 Å². The normalized spacial score (nSPS) is 10.6. The summed E-state index contributed by atoms with van der Waals surface area (Å²) in [5.41, 5.74) is 3.70. The number of hydrazone groups is 1. The third kappa shape index (κ3) is 5.41. The SMILES string of the molecule is COc1ccc(C(=O)Nc2ccccc2C(=O)N/N=C/c2ccc(F)c(Cl)c2)cc1OC. The van der Waals surface area contributed by atoms with Gasteiger partial charge in [0.25, 0.3) is 11.8 Å². The fraction of sp³-hybridized carbons (Fsp3) is 0.0870. The topological polar surface area (TPSA) is 89.0 Å². The highest BCUT2D eigenvalue weighted by Gasteiger charge is 2.15. The summed E-state index contributed by atoms with van der Waals surface area (Å²) >= 11 is 5.73. The number of hydrogen-bond donors (Lipinski definition) is 2. The van der Waals surface area contributed by atoms with Crippen LogP contribution in [0.15, 0.2) is 65.8 Å². The number of para-hydroxylation sites is 1. The first-order chi connectivity index (χ1) is 15.4. The third-order valence-corrected chi connectivity index (χ3v) is 4.68. The molecule has 0 spiro atoms. The van der Waals surface area contributed by atoms with Crippen molar-refractivity contribution in [1.82, 2.24) is 5.43 Å². The molecule has 3 aromatic rings. The van der Waals surface area contributed by atoms with E-state index in [-0.39, 0.29) is 10.6 Å². The maximum atomic E-state index is 13.2. The number of nitrogens with one attached hydrogen (secondary N) is 2. The Morgan fingerprint density at radius 1 is 0.969 bits per heavy atom. The predicted molar refractivity (Wildman–Crippen MR) is 120 cm³/mol. The first-order valence-corrected chi connectivity index (χ1v) is 9.71. The number of benzene rings is 3. The Balaban J connectivity index is 1.73. The summed E-state index contributed by atoms with van der Waals surface area (Å²) in [7, 11) is 2.97. The Labute approximate surface area is 188 Å². The van der Waals surface area contributed by atoms with E-state index in [2.05, 4.69) is 15.8 Å². The molecule has 0 unspecified atom stereocenters. The molecule has 3 aromatic carbocycles. The smallest absolute Gasteiger partial charge is 0.273 e. The van der Waals surface area contributed by atoms with Crippen molar-refractivity contribution in [3.05, 3.63) is 88.2 Å². The van der Waals surface area contributed by atoms with E-state index in [1.54, 1.807) is 36.4 Å². The molecule has 0 saturated carbocycles. The first-order valence-electron chi connectivity index (χ1n) is 9.33. The van der Waals surface area contributed by atoms with Gasteiger partial charge in [0.1, 0.15) is 5.82 Å². The molecule has 0 aliphatic heterocycles. The minimum atomic E-state index is -0.549. The molecule has 9 heteroatoms.